The molecule has 124 valence electrons. The smallest absolute Gasteiger partial charge is 0.407 e. The average molecular weight is 328 g/mol. The largest absolute Gasteiger partial charge is 0.444 e. The van der Waals surface area contributed by atoms with Crippen LogP contribution in [-0.4, -0.2) is 25.9 Å². The number of nitrogens with one attached hydrogen (secondary N) is 2. The lowest BCUT2D eigenvalue weighted by atomic mass is 10.1. The van der Waals surface area contributed by atoms with Crippen molar-refractivity contribution in [3.05, 3.63) is 29.3 Å². The van der Waals surface area contributed by atoms with E-state index in [1.165, 1.54) is 0 Å². The second kappa shape index (κ2) is 7.00. The van der Waals surface area contributed by atoms with Crippen molar-refractivity contribution >= 4 is 21.8 Å². The van der Waals surface area contributed by atoms with Crippen LogP contribution in [0.5, 0.6) is 0 Å². The Morgan fingerprint density at radius 3 is 2.45 bits per heavy atom. The second-order valence-corrected chi connectivity index (χ2v) is 8.03. The Balaban J connectivity index is 2.85. The molecule has 0 radical (unpaired) electrons. The van der Waals surface area contributed by atoms with Gasteiger partial charge in [-0.25, -0.2) is 13.2 Å². The molecule has 6 nitrogen and oxygen atoms in total. The molecule has 0 fully saturated rings. The number of ether oxygens (including phenoxy) is 1. The van der Waals surface area contributed by atoms with E-state index in [1.807, 2.05) is 19.1 Å². The first-order valence-electron chi connectivity index (χ1n) is 7.09. The molecule has 2 N–H and O–H groups in total. The molecule has 0 saturated heterocycles. The molecule has 0 atom stereocenters. The van der Waals surface area contributed by atoms with Gasteiger partial charge in [-0.15, -0.1) is 0 Å². The Morgan fingerprint density at radius 1 is 1.27 bits per heavy atom. The van der Waals surface area contributed by atoms with Crippen molar-refractivity contribution in [3.63, 3.8) is 0 Å². The zero-order chi connectivity index (χ0) is 17.0. The molecule has 0 heterocycles. The maximum absolute atomic E-state index is 11.7. The third-order valence-corrected chi connectivity index (χ3v) is 4.02. The summed E-state index contributed by atoms with van der Waals surface area (Å²) in [5, 5.41) is 2.63. The van der Waals surface area contributed by atoms with Crippen LogP contribution in [0.15, 0.2) is 18.2 Å². The SMILES string of the molecule is CCS(=O)(=O)Nc1ccc(C)cc1CNC(=O)OC(C)(C)C. The van der Waals surface area contributed by atoms with Crippen molar-refractivity contribution in [1.29, 1.82) is 0 Å². The summed E-state index contributed by atoms with van der Waals surface area (Å²) >= 11 is 0. The van der Waals surface area contributed by atoms with Gasteiger partial charge in [-0.05, 0) is 46.2 Å². The van der Waals surface area contributed by atoms with Crippen LogP contribution in [0, 0.1) is 6.92 Å². The summed E-state index contributed by atoms with van der Waals surface area (Å²) in [6.45, 7) is 8.97. The van der Waals surface area contributed by atoms with E-state index in [-0.39, 0.29) is 12.3 Å². The molecule has 1 amide bonds. The molecule has 0 unspecified atom stereocenters. The number of alkyl carbamates (subject to hydrolysis) is 1. The van der Waals surface area contributed by atoms with E-state index in [2.05, 4.69) is 10.0 Å². The fourth-order valence-electron chi connectivity index (χ4n) is 1.69. The van der Waals surface area contributed by atoms with Gasteiger partial charge in [0.25, 0.3) is 0 Å². The maximum Gasteiger partial charge on any atom is 0.407 e. The third kappa shape index (κ3) is 6.34. The van der Waals surface area contributed by atoms with Gasteiger partial charge < -0.3 is 10.1 Å². The first kappa shape index (κ1) is 18.3. The highest BCUT2D eigenvalue weighted by Crippen LogP contribution is 2.19. The number of aryl methyl sites for hydroxylation is 1. The average Bonchev–Trinajstić information content (AvgIpc) is 2.37. The number of carbonyl (C=O) groups is 1. The molecule has 0 aliphatic heterocycles. The number of sulfonamides is 1. The van der Waals surface area contributed by atoms with Crippen LogP contribution in [0.1, 0.15) is 38.8 Å². The standard InChI is InChI=1S/C15H24N2O4S/c1-6-22(19,20)17-13-8-7-11(2)9-12(13)10-16-14(18)21-15(3,4)5/h7-9,17H,6,10H2,1-5H3,(H,16,18). The van der Waals surface area contributed by atoms with E-state index in [4.69, 9.17) is 4.74 Å². The van der Waals surface area contributed by atoms with E-state index < -0.39 is 21.7 Å². The van der Waals surface area contributed by atoms with Crippen LogP contribution < -0.4 is 10.0 Å². The number of anilines is 1. The molecule has 7 heteroatoms. The van der Waals surface area contributed by atoms with E-state index in [1.54, 1.807) is 33.8 Å². The second-order valence-electron chi connectivity index (χ2n) is 6.02. The van der Waals surface area contributed by atoms with Crippen molar-refractivity contribution < 1.29 is 17.9 Å². The van der Waals surface area contributed by atoms with Gasteiger partial charge in [-0.3, -0.25) is 4.72 Å². The zero-order valence-corrected chi connectivity index (χ0v) is 14.5. The fourth-order valence-corrected chi connectivity index (χ4v) is 2.37. The normalized spacial score (nSPS) is 11.9. The lowest BCUT2D eigenvalue weighted by Crippen LogP contribution is -2.32. The number of carbonyl (C=O) groups excluding carboxylic acids is 1. The molecule has 0 spiro atoms. The van der Waals surface area contributed by atoms with Gasteiger partial charge in [0, 0.05) is 6.54 Å². The van der Waals surface area contributed by atoms with Crippen molar-refractivity contribution in [3.8, 4) is 0 Å². The maximum atomic E-state index is 11.7. The minimum atomic E-state index is -3.37. The van der Waals surface area contributed by atoms with Gasteiger partial charge in [0.05, 0.1) is 11.4 Å². The molecule has 1 rings (SSSR count). The summed E-state index contributed by atoms with van der Waals surface area (Å²) in [5.41, 5.74) is 1.54. The first-order chi connectivity index (χ1) is 10.0. The Labute approximate surface area is 132 Å². The van der Waals surface area contributed by atoms with E-state index in [9.17, 15) is 13.2 Å². The topological polar surface area (TPSA) is 84.5 Å². The Bertz CT molecular complexity index is 633. The van der Waals surface area contributed by atoms with E-state index in [0.717, 1.165) is 5.56 Å². The van der Waals surface area contributed by atoms with Crippen LogP contribution in [0.25, 0.3) is 0 Å². The summed E-state index contributed by atoms with van der Waals surface area (Å²) in [6.07, 6.45) is -0.543. The van der Waals surface area contributed by atoms with Gasteiger partial charge >= 0.3 is 6.09 Å². The summed E-state index contributed by atoms with van der Waals surface area (Å²) < 4.78 is 31.1. The van der Waals surface area contributed by atoms with Crippen molar-refractivity contribution in [2.45, 2.75) is 46.8 Å². The molecule has 0 aliphatic carbocycles. The van der Waals surface area contributed by atoms with Crippen molar-refractivity contribution in [2.75, 3.05) is 10.5 Å². The van der Waals surface area contributed by atoms with Gasteiger partial charge in [0.2, 0.25) is 10.0 Å². The minimum absolute atomic E-state index is 0.0141. The molecule has 0 bridgehead atoms. The van der Waals surface area contributed by atoms with Gasteiger partial charge in [-0.2, -0.15) is 0 Å². The summed E-state index contributed by atoms with van der Waals surface area (Å²) in [5.74, 6) is -0.0141. The molecule has 22 heavy (non-hydrogen) atoms. The monoisotopic (exact) mass is 328 g/mol. The number of benzene rings is 1. The van der Waals surface area contributed by atoms with Crippen LogP contribution in [0.3, 0.4) is 0 Å². The van der Waals surface area contributed by atoms with Crippen molar-refractivity contribution in [2.24, 2.45) is 0 Å². The predicted octanol–water partition coefficient (Wildman–Crippen LogP) is 2.78. The molecule has 1 aromatic rings. The van der Waals surface area contributed by atoms with Crippen LogP contribution in [0.2, 0.25) is 0 Å². The highest BCUT2D eigenvalue weighted by Gasteiger charge is 2.17. The Hall–Kier alpha value is -1.76. The van der Waals surface area contributed by atoms with Crippen LogP contribution in [-0.2, 0) is 21.3 Å². The highest BCUT2D eigenvalue weighted by molar-refractivity contribution is 7.92. The number of amides is 1. The lowest BCUT2D eigenvalue weighted by Gasteiger charge is -2.20. The summed E-state index contributed by atoms with van der Waals surface area (Å²) in [6, 6.07) is 5.32. The Kier molecular flexibility index (Phi) is 5.82. The van der Waals surface area contributed by atoms with Gasteiger partial charge in [0.1, 0.15) is 5.60 Å². The molecular formula is C15H24N2O4S. The number of rotatable bonds is 5. The highest BCUT2D eigenvalue weighted by atomic mass is 32.2. The molecule has 0 saturated carbocycles. The molecular weight excluding hydrogens is 304 g/mol. The first-order valence-corrected chi connectivity index (χ1v) is 8.74. The van der Waals surface area contributed by atoms with E-state index >= 15 is 0 Å². The molecule has 1 aromatic carbocycles. The van der Waals surface area contributed by atoms with Crippen molar-refractivity contribution in [1.82, 2.24) is 5.32 Å². The number of hydrogen-bond donors (Lipinski definition) is 2. The van der Waals surface area contributed by atoms with E-state index in [0.29, 0.717) is 11.3 Å². The quantitative estimate of drug-likeness (QED) is 0.870. The summed E-state index contributed by atoms with van der Waals surface area (Å²) in [7, 11) is -3.37. The van der Waals surface area contributed by atoms with Gasteiger partial charge in [-0.1, -0.05) is 17.7 Å². The van der Waals surface area contributed by atoms with Gasteiger partial charge in [0.15, 0.2) is 0 Å². The molecule has 0 aromatic heterocycles. The summed E-state index contributed by atoms with van der Waals surface area (Å²) in [4.78, 5) is 11.7. The van der Waals surface area contributed by atoms with Crippen LogP contribution >= 0.6 is 0 Å². The molecule has 0 aliphatic rings. The lowest BCUT2D eigenvalue weighted by molar-refractivity contribution is 0.0523. The third-order valence-electron chi connectivity index (χ3n) is 2.73. The zero-order valence-electron chi connectivity index (χ0n) is 13.7. The minimum Gasteiger partial charge on any atom is -0.444 e. The Morgan fingerprint density at radius 2 is 1.91 bits per heavy atom. The predicted molar refractivity (Wildman–Crippen MR) is 87.3 cm³/mol. The number of hydrogen-bond acceptors (Lipinski definition) is 4. The fraction of sp³-hybridized carbons (Fsp3) is 0.533. The van der Waals surface area contributed by atoms with Crippen LogP contribution in [0.4, 0.5) is 10.5 Å².